The Morgan fingerprint density at radius 1 is 0.830 bits per heavy atom. The van der Waals surface area contributed by atoms with Crippen LogP contribution in [-0.4, -0.2) is 62.3 Å². The molecule has 3 aromatic rings. The number of carbonyl (C=O) groups is 3. The minimum Gasteiger partial charge on any atom is -0.506 e. The molecule has 3 aliphatic rings. The lowest BCUT2D eigenvalue weighted by Crippen LogP contribution is -2.30. The van der Waals surface area contributed by atoms with Gasteiger partial charge in [-0.05, 0) is 117 Å². The number of unbranched alkanes of at least 4 members (excludes halogenated alkanes) is 2. The van der Waals surface area contributed by atoms with E-state index in [-0.39, 0.29) is 28.7 Å². The van der Waals surface area contributed by atoms with Gasteiger partial charge in [-0.15, -0.1) is 0 Å². The van der Waals surface area contributed by atoms with Crippen LogP contribution in [0.25, 0.3) is 5.57 Å². The van der Waals surface area contributed by atoms with Crippen LogP contribution in [-0.2, 0) is 4.79 Å². The van der Waals surface area contributed by atoms with Gasteiger partial charge in [-0.25, -0.2) is 0 Å². The molecule has 10 nitrogen and oxygen atoms in total. The number of hydrogen-bond acceptors (Lipinski definition) is 8. The number of amides is 2. The number of allylic oxidation sites excluding steroid dienone is 5. The highest BCUT2D eigenvalue weighted by Crippen LogP contribution is 2.45. The summed E-state index contributed by atoms with van der Waals surface area (Å²) in [6.45, 7) is 8.41. The van der Waals surface area contributed by atoms with Gasteiger partial charge in [-0.3, -0.25) is 19.4 Å². The van der Waals surface area contributed by atoms with Crippen LogP contribution < -0.4 is 25.0 Å². The Kier molecular flexibility index (Phi) is 11.3. The van der Waals surface area contributed by atoms with E-state index in [1.165, 1.54) is 0 Å². The number of carbonyl (C=O) groups excluding carboxylic acids is 3. The number of nitrogens with zero attached hydrogens (tertiary/aromatic N) is 2. The summed E-state index contributed by atoms with van der Waals surface area (Å²) in [4.78, 5) is 48.4. The minimum atomic E-state index is -0.400. The molecule has 274 valence electrons. The number of anilines is 2. The Morgan fingerprint density at radius 2 is 1.43 bits per heavy atom. The lowest BCUT2D eigenvalue weighted by Gasteiger charge is -2.29. The number of aliphatic hydroxyl groups excluding tert-OH is 1. The fourth-order valence-corrected chi connectivity index (χ4v) is 6.82. The fraction of sp³-hybridized carbons (Fsp3) is 0.302. The van der Waals surface area contributed by atoms with Crippen LogP contribution >= 0.6 is 0 Å². The maximum Gasteiger partial charge on any atom is 0.255 e. The van der Waals surface area contributed by atoms with Crippen LogP contribution in [0.1, 0.15) is 77.8 Å². The Labute approximate surface area is 310 Å². The summed E-state index contributed by atoms with van der Waals surface area (Å²) in [6.07, 6.45) is 8.74. The van der Waals surface area contributed by atoms with Gasteiger partial charge in [0.1, 0.15) is 17.3 Å². The van der Waals surface area contributed by atoms with Gasteiger partial charge in [0.05, 0.1) is 42.5 Å². The largest absolute Gasteiger partial charge is 0.506 e. The molecule has 1 aliphatic heterocycles. The van der Waals surface area contributed by atoms with Crippen molar-refractivity contribution >= 4 is 40.3 Å². The quantitative estimate of drug-likeness (QED) is 0.128. The van der Waals surface area contributed by atoms with Crippen LogP contribution in [0, 0.1) is 6.92 Å². The number of aryl methyl sites for hydroxylation is 1. The lowest BCUT2D eigenvalue weighted by atomic mass is 9.77. The third kappa shape index (κ3) is 7.82. The van der Waals surface area contributed by atoms with Gasteiger partial charge in [0.25, 0.3) is 11.8 Å². The van der Waals surface area contributed by atoms with Crippen LogP contribution in [0.3, 0.4) is 0 Å². The van der Waals surface area contributed by atoms with Gasteiger partial charge in [0, 0.05) is 47.6 Å². The Morgan fingerprint density at radius 3 is 2.00 bits per heavy atom. The van der Waals surface area contributed by atoms with E-state index < -0.39 is 5.78 Å². The molecular formula is C43H46N4O6. The number of ketones is 1. The zero-order valence-electron chi connectivity index (χ0n) is 31.0. The summed E-state index contributed by atoms with van der Waals surface area (Å²) in [5.41, 5.74) is 5.95. The second-order valence-electron chi connectivity index (χ2n) is 13.4. The average molecular weight is 715 g/mol. The molecule has 10 heteroatoms. The third-order valence-electron chi connectivity index (χ3n) is 9.83. The van der Waals surface area contributed by atoms with Crippen molar-refractivity contribution in [3.63, 3.8) is 0 Å². The van der Waals surface area contributed by atoms with Gasteiger partial charge < -0.3 is 30.1 Å². The highest BCUT2D eigenvalue weighted by atomic mass is 16.5. The van der Waals surface area contributed by atoms with Crippen LogP contribution in [0.5, 0.6) is 11.5 Å². The summed E-state index contributed by atoms with van der Waals surface area (Å²) in [5.74, 6) is -0.119. The van der Waals surface area contributed by atoms with E-state index in [1.54, 1.807) is 74.9 Å². The summed E-state index contributed by atoms with van der Waals surface area (Å²) < 4.78 is 10.5. The molecule has 53 heavy (non-hydrogen) atoms. The van der Waals surface area contributed by atoms with E-state index in [4.69, 9.17) is 14.5 Å². The number of rotatable bonds is 12. The standard InChI is InChI=1S/C43H46N4O6/c1-6-7-8-19-44-34-24-35(45-42(50)28-11-15-30(52-4)16-12-28)32(22-26(34)2)38-40(48)39(41(38)49)33-23-27(3)37(47-20-9-10-21-47)25-36(33)46-43(51)29-13-17-31(53-5)18-14-29/h11-18,22-25,48H,6-10,19-21H2,1-5H3,(H,45,50)(H,46,51)/b38-32-,44-34?. The minimum absolute atomic E-state index is 0.0827. The molecule has 0 spiro atoms. The van der Waals surface area contributed by atoms with Crippen LogP contribution in [0.15, 0.2) is 106 Å². The molecule has 3 aromatic carbocycles. The summed E-state index contributed by atoms with van der Waals surface area (Å²) in [7, 11) is 3.12. The fourth-order valence-electron chi connectivity index (χ4n) is 6.82. The number of aliphatic imine (C=N–C) groups is 1. The normalized spacial score (nSPS) is 17.7. The second kappa shape index (κ2) is 16.2. The van der Waals surface area contributed by atoms with Crippen molar-refractivity contribution in [1.29, 1.82) is 0 Å². The van der Waals surface area contributed by atoms with Crippen molar-refractivity contribution in [3.8, 4) is 11.5 Å². The molecule has 3 N–H and O–H groups in total. The molecule has 6 rings (SSSR count). The van der Waals surface area contributed by atoms with Gasteiger partial charge >= 0.3 is 0 Å². The first-order valence-corrected chi connectivity index (χ1v) is 18.1. The molecule has 0 atom stereocenters. The summed E-state index contributed by atoms with van der Waals surface area (Å²) >= 11 is 0. The highest BCUT2D eigenvalue weighted by Gasteiger charge is 2.40. The Balaban J connectivity index is 1.41. The van der Waals surface area contributed by atoms with Gasteiger partial charge in [0.15, 0.2) is 0 Å². The van der Waals surface area contributed by atoms with E-state index >= 15 is 0 Å². The average Bonchev–Trinajstić information content (AvgIpc) is 3.71. The highest BCUT2D eigenvalue weighted by molar-refractivity contribution is 6.40. The number of Topliss-reactive ketones (excluding diaryl/α,β-unsaturated/α-hetero) is 1. The summed E-state index contributed by atoms with van der Waals surface area (Å²) in [6, 6.07) is 17.2. The van der Waals surface area contributed by atoms with Crippen molar-refractivity contribution in [2.75, 3.05) is 44.1 Å². The van der Waals surface area contributed by atoms with E-state index in [0.717, 1.165) is 62.0 Å². The van der Waals surface area contributed by atoms with Crippen molar-refractivity contribution in [3.05, 3.63) is 123 Å². The van der Waals surface area contributed by atoms with Crippen LogP contribution in [0.4, 0.5) is 11.4 Å². The molecule has 1 saturated heterocycles. The molecule has 1 heterocycles. The Hall–Kier alpha value is -5.90. The molecule has 0 bridgehead atoms. The van der Waals surface area contributed by atoms with E-state index in [2.05, 4.69) is 22.5 Å². The monoisotopic (exact) mass is 714 g/mol. The topological polar surface area (TPSA) is 130 Å². The van der Waals surface area contributed by atoms with Gasteiger partial charge in [0.2, 0.25) is 5.78 Å². The summed E-state index contributed by atoms with van der Waals surface area (Å²) in [5, 5.41) is 17.8. The van der Waals surface area contributed by atoms with E-state index in [0.29, 0.717) is 57.4 Å². The molecular weight excluding hydrogens is 668 g/mol. The smallest absolute Gasteiger partial charge is 0.255 e. The van der Waals surface area contributed by atoms with Crippen molar-refractivity contribution in [2.24, 2.45) is 4.99 Å². The Bertz CT molecular complexity index is 2080. The number of nitrogens with one attached hydrogen (secondary N) is 2. The predicted octanol–water partition coefficient (Wildman–Crippen LogP) is 7.92. The molecule has 0 radical (unpaired) electrons. The second-order valence-corrected chi connectivity index (χ2v) is 13.4. The number of aliphatic hydroxyl groups is 1. The van der Waals surface area contributed by atoms with Gasteiger partial charge in [-0.2, -0.15) is 0 Å². The number of benzene rings is 3. The van der Waals surface area contributed by atoms with E-state index in [1.807, 2.05) is 26.0 Å². The predicted molar refractivity (Wildman–Crippen MR) is 209 cm³/mol. The zero-order valence-corrected chi connectivity index (χ0v) is 31.0. The maximum atomic E-state index is 14.3. The molecule has 2 amide bonds. The van der Waals surface area contributed by atoms with Crippen molar-refractivity contribution in [2.45, 2.75) is 52.9 Å². The lowest BCUT2D eigenvalue weighted by molar-refractivity contribution is -0.111. The maximum absolute atomic E-state index is 14.3. The zero-order chi connectivity index (χ0) is 37.6. The van der Waals surface area contributed by atoms with Crippen LogP contribution in [0.2, 0.25) is 0 Å². The third-order valence-corrected chi connectivity index (χ3v) is 9.83. The molecule has 1 fully saturated rings. The molecule has 2 aliphatic carbocycles. The van der Waals surface area contributed by atoms with Gasteiger partial charge in [-0.1, -0.05) is 19.8 Å². The van der Waals surface area contributed by atoms with Crippen molar-refractivity contribution in [1.82, 2.24) is 5.32 Å². The number of methoxy groups -OCH3 is 2. The first-order chi connectivity index (χ1) is 25.6. The first-order valence-electron chi connectivity index (χ1n) is 18.1. The van der Waals surface area contributed by atoms with E-state index in [9.17, 15) is 19.5 Å². The molecule has 0 aromatic heterocycles. The first kappa shape index (κ1) is 36.9. The number of ether oxygens (including phenoxy) is 2. The SMILES string of the molecule is CCCCCN=C1C=C(NC(=O)c2ccc(OC)cc2)/C(=C2\C(=O)C(c3cc(C)c(N4CCCC4)cc3NC(=O)c3ccc(OC)cc3)=C2O)C=C1C. The van der Waals surface area contributed by atoms with Crippen molar-refractivity contribution < 1.29 is 29.0 Å². The molecule has 0 saturated carbocycles. The number of hydrogen-bond donors (Lipinski definition) is 3. The molecule has 0 unspecified atom stereocenters.